The van der Waals surface area contributed by atoms with Gasteiger partial charge in [-0.3, -0.25) is 9.89 Å². The molecule has 0 bridgehead atoms. The zero-order valence-corrected chi connectivity index (χ0v) is 20.4. The van der Waals surface area contributed by atoms with Gasteiger partial charge in [0.1, 0.15) is 5.75 Å². The molecule has 0 spiro atoms. The van der Waals surface area contributed by atoms with E-state index in [0.29, 0.717) is 5.92 Å². The molecule has 1 aliphatic rings. The summed E-state index contributed by atoms with van der Waals surface area (Å²) in [5.41, 5.74) is 0. The molecule has 8 heteroatoms. The first kappa shape index (κ1) is 25.3. The number of thioether (sulfide) groups is 1. The zero-order valence-electron chi connectivity index (χ0n) is 17.3. The van der Waals surface area contributed by atoms with Crippen molar-refractivity contribution in [1.82, 2.24) is 15.5 Å². The van der Waals surface area contributed by atoms with Crippen LogP contribution in [0.2, 0.25) is 0 Å². The van der Waals surface area contributed by atoms with Gasteiger partial charge in [0, 0.05) is 49.9 Å². The van der Waals surface area contributed by atoms with E-state index < -0.39 is 0 Å². The second kappa shape index (κ2) is 15.2. The molecule has 0 radical (unpaired) electrons. The Morgan fingerprint density at radius 3 is 2.75 bits per heavy atom. The zero-order chi connectivity index (χ0) is 19.3. The number of aliphatic imine (C=N–C) groups is 1. The Balaban J connectivity index is 0.00000392. The average molecular weight is 522 g/mol. The first-order valence-electron chi connectivity index (χ1n) is 9.81. The van der Waals surface area contributed by atoms with Crippen LogP contribution in [-0.2, 0) is 4.74 Å². The summed E-state index contributed by atoms with van der Waals surface area (Å²) in [7, 11) is 1.72. The predicted octanol–water partition coefficient (Wildman–Crippen LogP) is 2.93. The van der Waals surface area contributed by atoms with Crippen molar-refractivity contribution in [3.8, 4) is 5.75 Å². The maximum Gasteiger partial charge on any atom is 0.191 e. The Kier molecular flexibility index (Phi) is 13.7. The number of benzene rings is 1. The standard InChI is InChI=1S/C20H34N4O2S.HI/c1-4-21-20(22-9-10-24-11-13-26-14-12-24)23-15-17(2)16-27-19-8-6-5-7-18(19)25-3;/h5-8,17H,4,9-16H2,1-3H3,(H2,21,22,23);1H. The van der Waals surface area contributed by atoms with Gasteiger partial charge in [0.25, 0.3) is 0 Å². The summed E-state index contributed by atoms with van der Waals surface area (Å²) in [5.74, 6) is 3.34. The molecule has 1 heterocycles. The minimum atomic E-state index is 0. The Hall–Kier alpha value is -0.710. The second-order valence-electron chi connectivity index (χ2n) is 6.67. The summed E-state index contributed by atoms with van der Waals surface area (Å²) >= 11 is 1.83. The number of para-hydroxylation sites is 1. The van der Waals surface area contributed by atoms with Crippen molar-refractivity contribution in [2.24, 2.45) is 10.9 Å². The lowest BCUT2D eigenvalue weighted by atomic mass is 10.2. The molecule has 1 fully saturated rings. The van der Waals surface area contributed by atoms with Gasteiger partial charge in [-0.2, -0.15) is 0 Å². The van der Waals surface area contributed by atoms with Gasteiger partial charge in [0.15, 0.2) is 5.96 Å². The van der Waals surface area contributed by atoms with Crippen LogP contribution in [0.15, 0.2) is 34.2 Å². The molecule has 160 valence electrons. The summed E-state index contributed by atoms with van der Waals surface area (Å²) in [6.45, 7) is 11.7. The van der Waals surface area contributed by atoms with Gasteiger partial charge in [0.05, 0.1) is 20.3 Å². The van der Waals surface area contributed by atoms with Gasteiger partial charge < -0.3 is 20.1 Å². The van der Waals surface area contributed by atoms with E-state index >= 15 is 0 Å². The van der Waals surface area contributed by atoms with Crippen molar-refractivity contribution < 1.29 is 9.47 Å². The molecule has 1 aromatic carbocycles. The molecule has 1 aromatic rings. The van der Waals surface area contributed by atoms with Crippen molar-refractivity contribution in [3.63, 3.8) is 0 Å². The number of hydrogen-bond acceptors (Lipinski definition) is 5. The maximum atomic E-state index is 5.42. The molecule has 1 aliphatic heterocycles. The number of ether oxygens (including phenoxy) is 2. The van der Waals surface area contributed by atoms with Gasteiger partial charge in [-0.1, -0.05) is 19.1 Å². The van der Waals surface area contributed by atoms with E-state index in [9.17, 15) is 0 Å². The smallest absolute Gasteiger partial charge is 0.191 e. The van der Waals surface area contributed by atoms with Crippen molar-refractivity contribution in [2.75, 3.05) is 65.3 Å². The highest BCUT2D eigenvalue weighted by molar-refractivity contribution is 14.0. The molecule has 6 nitrogen and oxygen atoms in total. The van der Waals surface area contributed by atoms with E-state index in [0.717, 1.165) is 69.9 Å². The largest absolute Gasteiger partial charge is 0.496 e. The second-order valence-corrected chi connectivity index (χ2v) is 7.73. The molecular weight excluding hydrogens is 487 g/mol. The minimum Gasteiger partial charge on any atom is -0.496 e. The van der Waals surface area contributed by atoms with Crippen LogP contribution in [0.5, 0.6) is 5.75 Å². The fourth-order valence-electron chi connectivity index (χ4n) is 2.77. The van der Waals surface area contributed by atoms with E-state index in [1.165, 1.54) is 4.90 Å². The predicted molar refractivity (Wildman–Crippen MR) is 130 cm³/mol. The molecule has 2 N–H and O–H groups in total. The van der Waals surface area contributed by atoms with Crippen LogP contribution < -0.4 is 15.4 Å². The van der Waals surface area contributed by atoms with Crippen molar-refractivity contribution >= 4 is 41.7 Å². The third kappa shape index (κ3) is 9.67. The molecule has 0 aromatic heterocycles. The molecule has 28 heavy (non-hydrogen) atoms. The monoisotopic (exact) mass is 522 g/mol. The van der Waals surface area contributed by atoms with Crippen molar-refractivity contribution in [3.05, 3.63) is 24.3 Å². The number of nitrogens with one attached hydrogen (secondary N) is 2. The highest BCUT2D eigenvalue weighted by atomic mass is 127. The van der Waals surface area contributed by atoms with E-state index in [1.54, 1.807) is 7.11 Å². The Morgan fingerprint density at radius 2 is 2.04 bits per heavy atom. The lowest BCUT2D eigenvalue weighted by Crippen LogP contribution is -2.44. The molecular formula is C20H35IN4O2S. The molecule has 1 saturated heterocycles. The van der Waals surface area contributed by atoms with E-state index in [-0.39, 0.29) is 24.0 Å². The number of nitrogens with zero attached hydrogens (tertiary/aromatic N) is 2. The lowest BCUT2D eigenvalue weighted by molar-refractivity contribution is 0.0389. The highest BCUT2D eigenvalue weighted by Gasteiger charge is 2.10. The molecule has 1 unspecified atom stereocenters. The van der Waals surface area contributed by atoms with Gasteiger partial charge in [-0.05, 0) is 25.0 Å². The molecule has 0 saturated carbocycles. The Labute approximate surface area is 191 Å². The third-order valence-electron chi connectivity index (χ3n) is 4.32. The summed E-state index contributed by atoms with van der Waals surface area (Å²) in [6, 6.07) is 8.17. The van der Waals surface area contributed by atoms with Crippen molar-refractivity contribution in [1.29, 1.82) is 0 Å². The number of hydrogen-bond donors (Lipinski definition) is 2. The van der Waals surface area contributed by atoms with Crippen LogP contribution in [-0.4, -0.2) is 76.2 Å². The lowest BCUT2D eigenvalue weighted by Gasteiger charge is -2.26. The fourth-order valence-corrected chi connectivity index (χ4v) is 3.81. The number of methoxy groups -OCH3 is 1. The van der Waals surface area contributed by atoms with E-state index in [1.807, 2.05) is 23.9 Å². The number of guanidine groups is 1. The normalized spacial score (nSPS) is 16.2. The van der Waals surface area contributed by atoms with Crippen molar-refractivity contribution in [2.45, 2.75) is 18.7 Å². The molecule has 1 atom stereocenters. The molecule has 0 amide bonds. The summed E-state index contributed by atoms with van der Waals surface area (Å²) in [5, 5.41) is 6.78. The van der Waals surface area contributed by atoms with Crippen LogP contribution in [0.4, 0.5) is 0 Å². The van der Waals surface area contributed by atoms with Gasteiger partial charge in [0.2, 0.25) is 0 Å². The number of halogens is 1. The van der Waals surface area contributed by atoms with E-state index in [2.05, 4.69) is 41.5 Å². The highest BCUT2D eigenvalue weighted by Crippen LogP contribution is 2.29. The average Bonchev–Trinajstić information content (AvgIpc) is 2.71. The maximum absolute atomic E-state index is 5.42. The Morgan fingerprint density at radius 1 is 1.29 bits per heavy atom. The number of rotatable bonds is 10. The van der Waals surface area contributed by atoms with Gasteiger partial charge >= 0.3 is 0 Å². The van der Waals surface area contributed by atoms with Crippen LogP contribution in [0, 0.1) is 5.92 Å². The molecule has 0 aliphatic carbocycles. The summed E-state index contributed by atoms with van der Waals surface area (Å²) in [4.78, 5) is 8.37. The third-order valence-corrected chi connectivity index (χ3v) is 5.71. The molecule has 2 rings (SSSR count). The topological polar surface area (TPSA) is 58.1 Å². The minimum absolute atomic E-state index is 0. The van der Waals surface area contributed by atoms with Gasteiger partial charge in [-0.25, -0.2) is 0 Å². The Bertz CT molecular complexity index is 571. The van der Waals surface area contributed by atoms with E-state index in [4.69, 9.17) is 14.5 Å². The fraction of sp³-hybridized carbons (Fsp3) is 0.650. The van der Waals surface area contributed by atoms with Gasteiger partial charge in [-0.15, -0.1) is 35.7 Å². The van der Waals surface area contributed by atoms with Crippen LogP contribution >= 0.6 is 35.7 Å². The SMILES string of the molecule is CCNC(=NCC(C)CSc1ccccc1OC)NCCN1CCOCC1.I. The number of morpholine rings is 1. The van der Waals surface area contributed by atoms with Crippen LogP contribution in [0.1, 0.15) is 13.8 Å². The first-order valence-corrected chi connectivity index (χ1v) is 10.8. The quantitative estimate of drug-likeness (QED) is 0.213. The van der Waals surface area contributed by atoms with Crippen LogP contribution in [0.3, 0.4) is 0 Å². The summed E-state index contributed by atoms with van der Waals surface area (Å²) in [6.07, 6.45) is 0. The first-order chi connectivity index (χ1) is 13.2. The summed E-state index contributed by atoms with van der Waals surface area (Å²) < 4.78 is 10.8. The van der Waals surface area contributed by atoms with Crippen LogP contribution in [0.25, 0.3) is 0 Å².